The summed E-state index contributed by atoms with van der Waals surface area (Å²) in [5.41, 5.74) is 1.10. The van der Waals surface area contributed by atoms with E-state index in [1.54, 1.807) is 6.33 Å². The van der Waals surface area contributed by atoms with E-state index in [0.29, 0.717) is 6.04 Å². The molecule has 0 saturated carbocycles. The molecule has 0 bridgehead atoms. The second-order valence-corrected chi connectivity index (χ2v) is 4.75. The summed E-state index contributed by atoms with van der Waals surface area (Å²) in [6, 6.07) is 0.466. The Kier molecular flexibility index (Phi) is 4.86. The van der Waals surface area contributed by atoms with Crippen LogP contribution in [0.25, 0.3) is 0 Å². The van der Waals surface area contributed by atoms with E-state index in [4.69, 9.17) is 0 Å². The SMILES string of the molecule is CNc1ncnc(N(C)C(C)CSC)c1C. The van der Waals surface area contributed by atoms with Gasteiger partial charge >= 0.3 is 0 Å². The molecule has 0 aliphatic carbocycles. The maximum atomic E-state index is 4.36. The van der Waals surface area contributed by atoms with Crippen LogP contribution < -0.4 is 10.2 Å². The van der Waals surface area contributed by atoms with Gasteiger partial charge in [-0.3, -0.25) is 0 Å². The molecule has 1 aromatic heterocycles. The maximum Gasteiger partial charge on any atom is 0.137 e. The fraction of sp³-hybridized carbons (Fsp3) is 0.636. The van der Waals surface area contributed by atoms with Crippen molar-refractivity contribution in [1.82, 2.24) is 9.97 Å². The van der Waals surface area contributed by atoms with Gasteiger partial charge in [0, 0.05) is 31.5 Å². The number of thioether (sulfide) groups is 1. The minimum Gasteiger partial charge on any atom is -0.373 e. The molecule has 1 unspecified atom stereocenters. The van der Waals surface area contributed by atoms with Crippen LogP contribution in [0.1, 0.15) is 12.5 Å². The highest BCUT2D eigenvalue weighted by molar-refractivity contribution is 7.98. The van der Waals surface area contributed by atoms with Gasteiger partial charge in [-0.25, -0.2) is 9.97 Å². The fourth-order valence-corrected chi connectivity index (χ4v) is 2.32. The molecule has 5 heteroatoms. The lowest BCUT2D eigenvalue weighted by Crippen LogP contribution is -2.32. The summed E-state index contributed by atoms with van der Waals surface area (Å²) in [6.07, 6.45) is 3.73. The third kappa shape index (κ3) is 2.78. The molecule has 4 nitrogen and oxygen atoms in total. The van der Waals surface area contributed by atoms with Gasteiger partial charge < -0.3 is 10.2 Å². The first-order chi connectivity index (χ1) is 7.61. The van der Waals surface area contributed by atoms with Gasteiger partial charge in [-0.1, -0.05) is 0 Å². The maximum absolute atomic E-state index is 4.36. The van der Waals surface area contributed by atoms with Gasteiger partial charge in [-0.2, -0.15) is 11.8 Å². The third-order valence-electron chi connectivity index (χ3n) is 2.70. The topological polar surface area (TPSA) is 41.1 Å². The number of hydrogen-bond donors (Lipinski definition) is 1. The summed E-state index contributed by atoms with van der Waals surface area (Å²) in [5, 5.41) is 3.08. The molecule has 0 spiro atoms. The van der Waals surface area contributed by atoms with Gasteiger partial charge in [0.1, 0.15) is 18.0 Å². The monoisotopic (exact) mass is 240 g/mol. The van der Waals surface area contributed by atoms with Gasteiger partial charge in [-0.05, 0) is 20.1 Å². The third-order valence-corrected chi connectivity index (χ3v) is 3.51. The molecular formula is C11H20N4S. The van der Waals surface area contributed by atoms with Crippen molar-refractivity contribution in [1.29, 1.82) is 0 Å². The molecule has 1 aromatic rings. The van der Waals surface area contributed by atoms with Crippen molar-refractivity contribution >= 4 is 23.4 Å². The Morgan fingerprint density at radius 1 is 1.50 bits per heavy atom. The van der Waals surface area contributed by atoms with Crippen molar-refractivity contribution in [2.45, 2.75) is 19.9 Å². The van der Waals surface area contributed by atoms with Crippen LogP contribution in [0.15, 0.2) is 6.33 Å². The van der Waals surface area contributed by atoms with Gasteiger partial charge in [-0.15, -0.1) is 0 Å². The van der Waals surface area contributed by atoms with E-state index in [-0.39, 0.29) is 0 Å². The van der Waals surface area contributed by atoms with Gasteiger partial charge in [0.15, 0.2) is 0 Å². The molecule has 0 aliphatic rings. The molecule has 0 amide bonds. The summed E-state index contributed by atoms with van der Waals surface area (Å²) >= 11 is 1.85. The van der Waals surface area contributed by atoms with Crippen molar-refractivity contribution in [3.05, 3.63) is 11.9 Å². The number of hydrogen-bond acceptors (Lipinski definition) is 5. The average molecular weight is 240 g/mol. The first-order valence-electron chi connectivity index (χ1n) is 5.33. The zero-order valence-electron chi connectivity index (χ0n) is 10.6. The molecule has 1 heterocycles. The van der Waals surface area contributed by atoms with Gasteiger partial charge in [0.05, 0.1) is 0 Å². The molecule has 0 fully saturated rings. The van der Waals surface area contributed by atoms with E-state index in [1.807, 2.05) is 25.7 Å². The minimum atomic E-state index is 0.466. The molecule has 0 radical (unpaired) electrons. The van der Waals surface area contributed by atoms with Crippen molar-refractivity contribution in [2.24, 2.45) is 0 Å². The predicted molar refractivity (Wildman–Crippen MR) is 72.6 cm³/mol. The normalized spacial score (nSPS) is 12.3. The standard InChI is InChI=1S/C11H20N4S/c1-8(6-16-5)15(4)11-9(2)10(12-3)13-7-14-11/h7-8H,6H2,1-5H3,(H,12,13,14). The van der Waals surface area contributed by atoms with Crippen LogP contribution >= 0.6 is 11.8 Å². The van der Waals surface area contributed by atoms with Crippen molar-refractivity contribution in [3.63, 3.8) is 0 Å². The Morgan fingerprint density at radius 2 is 2.19 bits per heavy atom. The molecule has 0 aromatic carbocycles. The zero-order valence-corrected chi connectivity index (χ0v) is 11.4. The van der Waals surface area contributed by atoms with E-state index < -0.39 is 0 Å². The second-order valence-electron chi connectivity index (χ2n) is 3.84. The number of nitrogens with one attached hydrogen (secondary N) is 1. The Balaban J connectivity index is 2.94. The number of rotatable bonds is 5. The Morgan fingerprint density at radius 3 is 2.75 bits per heavy atom. The van der Waals surface area contributed by atoms with E-state index in [1.165, 1.54) is 0 Å². The molecule has 1 N–H and O–H groups in total. The Labute approximate surface area is 102 Å². The van der Waals surface area contributed by atoms with E-state index in [0.717, 1.165) is 23.0 Å². The Bertz CT molecular complexity index is 343. The largest absolute Gasteiger partial charge is 0.373 e. The molecule has 0 aliphatic heterocycles. The highest BCUT2D eigenvalue weighted by Gasteiger charge is 2.14. The molecule has 1 atom stereocenters. The lowest BCUT2D eigenvalue weighted by molar-refractivity contribution is 0.748. The van der Waals surface area contributed by atoms with Crippen molar-refractivity contribution in [2.75, 3.05) is 36.3 Å². The lowest BCUT2D eigenvalue weighted by atomic mass is 10.2. The van der Waals surface area contributed by atoms with Crippen LogP contribution in [-0.2, 0) is 0 Å². The highest BCUT2D eigenvalue weighted by atomic mass is 32.2. The smallest absolute Gasteiger partial charge is 0.137 e. The molecule has 90 valence electrons. The lowest BCUT2D eigenvalue weighted by Gasteiger charge is -2.27. The second kappa shape index (κ2) is 5.94. The van der Waals surface area contributed by atoms with E-state index in [2.05, 4.69) is 40.4 Å². The summed E-state index contributed by atoms with van der Waals surface area (Å²) in [5.74, 6) is 2.99. The summed E-state index contributed by atoms with van der Waals surface area (Å²) in [4.78, 5) is 10.7. The van der Waals surface area contributed by atoms with Gasteiger partial charge in [0.25, 0.3) is 0 Å². The fourth-order valence-electron chi connectivity index (χ4n) is 1.61. The van der Waals surface area contributed by atoms with E-state index >= 15 is 0 Å². The van der Waals surface area contributed by atoms with Crippen LogP contribution in [-0.4, -0.2) is 42.1 Å². The highest BCUT2D eigenvalue weighted by Crippen LogP contribution is 2.22. The summed E-state index contributed by atoms with van der Waals surface area (Å²) in [7, 11) is 3.96. The first-order valence-corrected chi connectivity index (χ1v) is 6.72. The van der Waals surface area contributed by atoms with Crippen LogP contribution in [0.2, 0.25) is 0 Å². The molecule has 16 heavy (non-hydrogen) atoms. The number of nitrogens with zero attached hydrogens (tertiary/aromatic N) is 3. The van der Waals surface area contributed by atoms with Crippen LogP contribution in [0.3, 0.4) is 0 Å². The van der Waals surface area contributed by atoms with Crippen LogP contribution in [0, 0.1) is 6.92 Å². The van der Waals surface area contributed by atoms with Crippen LogP contribution in [0.5, 0.6) is 0 Å². The summed E-state index contributed by atoms with van der Waals surface area (Å²) < 4.78 is 0. The van der Waals surface area contributed by atoms with E-state index in [9.17, 15) is 0 Å². The minimum absolute atomic E-state index is 0.466. The quantitative estimate of drug-likeness (QED) is 0.852. The number of anilines is 2. The summed E-state index contributed by atoms with van der Waals surface area (Å²) in [6.45, 7) is 4.25. The first kappa shape index (κ1) is 13.1. The zero-order chi connectivity index (χ0) is 12.1. The predicted octanol–water partition coefficient (Wildman–Crippen LogP) is 2.01. The molecule has 1 rings (SSSR count). The van der Waals surface area contributed by atoms with Crippen molar-refractivity contribution in [3.8, 4) is 0 Å². The number of aromatic nitrogens is 2. The Hall–Kier alpha value is -0.970. The average Bonchev–Trinajstić information content (AvgIpc) is 2.29. The van der Waals surface area contributed by atoms with Crippen molar-refractivity contribution < 1.29 is 0 Å². The van der Waals surface area contributed by atoms with Crippen LogP contribution in [0.4, 0.5) is 11.6 Å². The van der Waals surface area contributed by atoms with Gasteiger partial charge in [0.2, 0.25) is 0 Å². The molecule has 0 saturated heterocycles. The molecular weight excluding hydrogens is 220 g/mol.